The maximum atomic E-state index is 12.3. The largest absolute Gasteiger partial charge is 0.392 e. The minimum absolute atomic E-state index is 0.0109. The van der Waals surface area contributed by atoms with Crippen LogP contribution in [0.15, 0.2) is 48.5 Å². The molecular weight excluding hydrogens is 416 g/mol. The number of aliphatic hydroxyl groups excluding tert-OH is 1. The smallest absolute Gasteiger partial charge is 0.226 e. The van der Waals surface area contributed by atoms with E-state index in [1.54, 1.807) is 6.92 Å². The molecule has 7 nitrogen and oxygen atoms in total. The predicted molar refractivity (Wildman–Crippen MR) is 127 cm³/mol. The number of ketones is 1. The number of anilines is 2. The lowest BCUT2D eigenvalue weighted by Gasteiger charge is -2.31. The van der Waals surface area contributed by atoms with Crippen LogP contribution in [0.1, 0.15) is 53.5 Å². The van der Waals surface area contributed by atoms with Gasteiger partial charge in [0.1, 0.15) is 5.69 Å². The van der Waals surface area contributed by atoms with Crippen molar-refractivity contribution in [3.8, 4) is 5.69 Å². The first-order valence-corrected chi connectivity index (χ1v) is 11.5. The van der Waals surface area contributed by atoms with Gasteiger partial charge in [0.05, 0.1) is 24.5 Å². The quantitative estimate of drug-likeness (QED) is 0.608. The summed E-state index contributed by atoms with van der Waals surface area (Å²) >= 11 is 0. The number of rotatable bonds is 5. The Balaban J connectivity index is 1.44. The van der Waals surface area contributed by atoms with Gasteiger partial charge in [0.2, 0.25) is 5.91 Å². The fraction of sp³-hybridized carbons (Fsp3) is 0.346. The van der Waals surface area contributed by atoms with Crippen molar-refractivity contribution < 1.29 is 14.7 Å². The van der Waals surface area contributed by atoms with Gasteiger partial charge in [-0.1, -0.05) is 12.1 Å². The lowest BCUT2D eigenvalue weighted by Crippen LogP contribution is -2.35. The maximum absolute atomic E-state index is 12.3. The van der Waals surface area contributed by atoms with Crippen molar-refractivity contribution in [3.63, 3.8) is 0 Å². The number of piperidine rings is 1. The molecule has 170 valence electrons. The second-order valence-electron chi connectivity index (χ2n) is 8.76. The van der Waals surface area contributed by atoms with Crippen LogP contribution in [0.5, 0.6) is 0 Å². The van der Waals surface area contributed by atoms with E-state index in [-0.39, 0.29) is 18.3 Å². The van der Waals surface area contributed by atoms with E-state index in [0.717, 1.165) is 66.2 Å². The molecule has 3 aromatic rings. The van der Waals surface area contributed by atoms with E-state index < -0.39 is 0 Å². The number of aliphatic hydroxyl groups is 1. The van der Waals surface area contributed by atoms with Crippen LogP contribution in [-0.4, -0.2) is 39.7 Å². The van der Waals surface area contributed by atoms with E-state index in [1.807, 2.05) is 46.0 Å². The zero-order valence-electron chi connectivity index (χ0n) is 18.8. The highest BCUT2D eigenvalue weighted by Gasteiger charge is 2.28. The molecule has 33 heavy (non-hydrogen) atoms. The van der Waals surface area contributed by atoms with Crippen LogP contribution in [0, 0.1) is 0 Å². The number of Topliss-reactive ketones (excluding diaryl/α,β-unsaturated/α-hetero) is 1. The Morgan fingerprint density at radius 2 is 1.64 bits per heavy atom. The Bertz CT molecular complexity index is 1180. The summed E-state index contributed by atoms with van der Waals surface area (Å²) < 4.78 is 1.86. The zero-order chi connectivity index (χ0) is 22.9. The standard InChI is InChI=1S/C26H28N4O3/c1-18(32)26-23-13-15-28(16-24(23)30(27-26)22-7-5-19(17-31)6-8-22)20-9-11-21(12-10-20)29-14-3-2-4-25(29)33/h5-12,31H,2-4,13-17H2,1H3. The molecule has 0 bridgehead atoms. The first-order chi connectivity index (χ1) is 16.0. The Hall–Kier alpha value is -3.45. The summed E-state index contributed by atoms with van der Waals surface area (Å²) in [7, 11) is 0. The number of nitrogens with zero attached hydrogens (tertiary/aromatic N) is 4. The van der Waals surface area contributed by atoms with Crippen LogP contribution in [0.4, 0.5) is 11.4 Å². The first kappa shape index (κ1) is 21.4. The van der Waals surface area contributed by atoms with Crippen LogP contribution in [0.25, 0.3) is 5.69 Å². The molecule has 0 unspecified atom stereocenters. The molecule has 7 heteroatoms. The molecule has 2 aliphatic heterocycles. The number of aromatic nitrogens is 2. The molecule has 1 amide bonds. The van der Waals surface area contributed by atoms with Crippen molar-refractivity contribution in [1.82, 2.24) is 9.78 Å². The normalized spacial score (nSPS) is 16.1. The molecule has 2 aliphatic rings. The van der Waals surface area contributed by atoms with Gasteiger partial charge in [-0.05, 0) is 61.2 Å². The van der Waals surface area contributed by atoms with E-state index in [9.17, 15) is 14.7 Å². The molecule has 1 saturated heterocycles. The monoisotopic (exact) mass is 444 g/mol. The fourth-order valence-electron chi connectivity index (χ4n) is 4.80. The van der Waals surface area contributed by atoms with Crippen molar-refractivity contribution in [2.75, 3.05) is 22.9 Å². The highest BCUT2D eigenvalue weighted by molar-refractivity contribution is 5.94. The average Bonchev–Trinajstić information content (AvgIpc) is 3.24. The van der Waals surface area contributed by atoms with E-state index in [2.05, 4.69) is 22.1 Å². The fourth-order valence-corrected chi connectivity index (χ4v) is 4.80. The number of hydrogen-bond acceptors (Lipinski definition) is 5. The van der Waals surface area contributed by atoms with Crippen LogP contribution in [-0.2, 0) is 24.4 Å². The number of amides is 1. The lowest BCUT2D eigenvalue weighted by atomic mass is 10.0. The number of fused-ring (bicyclic) bond motifs is 1. The first-order valence-electron chi connectivity index (χ1n) is 11.5. The molecule has 0 aliphatic carbocycles. The third-order valence-electron chi connectivity index (χ3n) is 6.61. The number of carbonyl (C=O) groups is 2. The summed E-state index contributed by atoms with van der Waals surface area (Å²) in [5.74, 6) is 0.172. The summed E-state index contributed by atoms with van der Waals surface area (Å²) in [5, 5.41) is 14.0. The second kappa shape index (κ2) is 8.83. The summed E-state index contributed by atoms with van der Waals surface area (Å²) in [6, 6.07) is 15.8. The average molecular weight is 445 g/mol. The van der Waals surface area contributed by atoms with Gasteiger partial charge in [-0.25, -0.2) is 4.68 Å². The van der Waals surface area contributed by atoms with Gasteiger partial charge in [0, 0.05) is 43.4 Å². The van der Waals surface area contributed by atoms with Crippen molar-refractivity contribution in [1.29, 1.82) is 0 Å². The van der Waals surface area contributed by atoms with Crippen LogP contribution < -0.4 is 9.80 Å². The van der Waals surface area contributed by atoms with E-state index >= 15 is 0 Å². The molecule has 3 heterocycles. The summed E-state index contributed by atoms with van der Waals surface area (Å²) in [6.07, 6.45) is 3.38. The molecule has 0 atom stereocenters. The van der Waals surface area contributed by atoms with Gasteiger partial charge < -0.3 is 14.9 Å². The highest BCUT2D eigenvalue weighted by atomic mass is 16.3. The van der Waals surface area contributed by atoms with Gasteiger partial charge in [0.25, 0.3) is 0 Å². The number of hydrogen-bond donors (Lipinski definition) is 1. The molecule has 0 radical (unpaired) electrons. The third kappa shape index (κ3) is 4.04. The third-order valence-corrected chi connectivity index (χ3v) is 6.61. The minimum Gasteiger partial charge on any atom is -0.392 e. The number of carbonyl (C=O) groups excluding carboxylic acids is 2. The van der Waals surface area contributed by atoms with Crippen LogP contribution in [0.3, 0.4) is 0 Å². The molecule has 0 spiro atoms. The Labute approximate surface area is 193 Å². The van der Waals surface area contributed by atoms with Crippen LogP contribution >= 0.6 is 0 Å². The van der Waals surface area contributed by atoms with Crippen molar-refractivity contribution in [3.05, 3.63) is 71.0 Å². The Kier molecular flexibility index (Phi) is 5.72. The van der Waals surface area contributed by atoms with Gasteiger partial charge in [-0.15, -0.1) is 0 Å². The van der Waals surface area contributed by atoms with Gasteiger partial charge in [0.15, 0.2) is 5.78 Å². The van der Waals surface area contributed by atoms with E-state index in [4.69, 9.17) is 0 Å². The SMILES string of the molecule is CC(=O)c1nn(-c2ccc(CO)cc2)c2c1CCN(c1ccc(N3CCCCC3=O)cc1)C2. The molecule has 5 rings (SSSR count). The highest BCUT2D eigenvalue weighted by Crippen LogP contribution is 2.31. The van der Waals surface area contributed by atoms with Gasteiger partial charge in [-0.2, -0.15) is 5.10 Å². The molecule has 1 fully saturated rings. The molecule has 2 aromatic carbocycles. The molecular formula is C26H28N4O3. The van der Waals surface area contributed by atoms with E-state index in [1.165, 1.54) is 0 Å². The topological polar surface area (TPSA) is 78.7 Å². The van der Waals surface area contributed by atoms with Gasteiger partial charge in [-0.3, -0.25) is 9.59 Å². The van der Waals surface area contributed by atoms with Crippen molar-refractivity contribution in [2.24, 2.45) is 0 Å². The summed E-state index contributed by atoms with van der Waals surface area (Å²) in [4.78, 5) is 28.7. The van der Waals surface area contributed by atoms with Crippen molar-refractivity contribution >= 4 is 23.1 Å². The minimum atomic E-state index is -0.0269. The maximum Gasteiger partial charge on any atom is 0.226 e. The predicted octanol–water partition coefficient (Wildman–Crippen LogP) is 3.65. The lowest BCUT2D eigenvalue weighted by molar-refractivity contribution is -0.119. The molecule has 0 saturated carbocycles. The summed E-state index contributed by atoms with van der Waals surface area (Å²) in [5.41, 5.74) is 6.31. The zero-order valence-corrected chi connectivity index (χ0v) is 18.8. The Morgan fingerprint density at radius 1 is 0.939 bits per heavy atom. The van der Waals surface area contributed by atoms with Crippen LogP contribution in [0.2, 0.25) is 0 Å². The summed E-state index contributed by atoms with van der Waals surface area (Å²) in [6.45, 7) is 3.77. The Morgan fingerprint density at radius 3 is 2.30 bits per heavy atom. The molecule has 1 aromatic heterocycles. The second-order valence-corrected chi connectivity index (χ2v) is 8.76. The van der Waals surface area contributed by atoms with E-state index in [0.29, 0.717) is 18.7 Å². The van der Waals surface area contributed by atoms with Crippen molar-refractivity contribution in [2.45, 2.75) is 45.8 Å². The number of benzene rings is 2. The van der Waals surface area contributed by atoms with Gasteiger partial charge >= 0.3 is 0 Å². The molecule has 1 N–H and O–H groups in total.